The molecule has 26 heavy (non-hydrogen) atoms. The highest BCUT2D eigenvalue weighted by molar-refractivity contribution is 5.94. The molecule has 0 spiro atoms. The Morgan fingerprint density at radius 2 is 1.54 bits per heavy atom. The first-order valence-electron chi connectivity index (χ1n) is 9.96. The lowest BCUT2D eigenvalue weighted by atomic mass is 9.86. The predicted molar refractivity (Wildman–Crippen MR) is 99.3 cm³/mol. The van der Waals surface area contributed by atoms with Crippen molar-refractivity contribution in [3.8, 4) is 0 Å². The van der Waals surface area contributed by atoms with Crippen LogP contribution < -0.4 is 0 Å². The summed E-state index contributed by atoms with van der Waals surface area (Å²) in [5, 5.41) is 0. The van der Waals surface area contributed by atoms with Gasteiger partial charge in [-0.1, -0.05) is 32.1 Å². The summed E-state index contributed by atoms with van der Waals surface area (Å²) in [6.07, 6.45) is 9.52. The molecule has 1 aromatic rings. The molecule has 4 nitrogen and oxygen atoms in total. The van der Waals surface area contributed by atoms with Gasteiger partial charge in [0.15, 0.2) is 0 Å². The minimum Gasteiger partial charge on any atom is -0.339 e. The van der Waals surface area contributed by atoms with Gasteiger partial charge in [-0.05, 0) is 43.0 Å². The van der Waals surface area contributed by atoms with Crippen molar-refractivity contribution < 1.29 is 14.0 Å². The normalized spacial score (nSPS) is 18.8. The fourth-order valence-electron chi connectivity index (χ4n) is 4.11. The maximum absolute atomic E-state index is 13.0. The summed E-state index contributed by atoms with van der Waals surface area (Å²) in [4.78, 5) is 28.5. The van der Waals surface area contributed by atoms with E-state index in [4.69, 9.17) is 0 Å². The number of piperazine rings is 1. The summed E-state index contributed by atoms with van der Waals surface area (Å²) >= 11 is 0. The first-order valence-corrected chi connectivity index (χ1v) is 9.96. The highest BCUT2D eigenvalue weighted by atomic mass is 19.1. The van der Waals surface area contributed by atoms with Gasteiger partial charge in [-0.3, -0.25) is 9.59 Å². The standard InChI is InChI=1S/C21H29FN2O2/c22-19-11-9-18(10-12-19)21(26)24-15-13-23(14-16-24)20(25)8-4-7-17-5-2-1-3-6-17/h9-12,17H,1-8,13-16H2. The van der Waals surface area contributed by atoms with Gasteiger partial charge < -0.3 is 9.80 Å². The van der Waals surface area contributed by atoms with Crippen LogP contribution in [0.4, 0.5) is 4.39 Å². The molecule has 2 amide bonds. The van der Waals surface area contributed by atoms with Crippen molar-refractivity contribution in [3.63, 3.8) is 0 Å². The van der Waals surface area contributed by atoms with E-state index in [1.807, 2.05) is 4.90 Å². The summed E-state index contributed by atoms with van der Waals surface area (Å²) in [6, 6.07) is 5.64. The van der Waals surface area contributed by atoms with Gasteiger partial charge in [0.2, 0.25) is 5.91 Å². The van der Waals surface area contributed by atoms with E-state index in [0.29, 0.717) is 38.2 Å². The quantitative estimate of drug-likeness (QED) is 0.800. The van der Waals surface area contributed by atoms with Crippen molar-refractivity contribution in [1.82, 2.24) is 9.80 Å². The number of nitrogens with zero attached hydrogens (tertiary/aromatic N) is 2. The van der Waals surface area contributed by atoms with E-state index in [2.05, 4.69) is 0 Å². The van der Waals surface area contributed by atoms with Crippen LogP contribution in [0.5, 0.6) is 0 Å². The number of benzene rings is 1. The number of hydrogen-bond acceptors (Lipinski definition) is 2. The number of halogens is 1. The average Bonchev–Trinajstić information content (AvgIpc) is 2.69. The summed E-state index contributed by atoms with van der Waals surface area (Å²) in [7, 11) is 0. The van der Waals surface area contributed by atoms with Gasteiger partial charge in [0.05, 0.1) is 0 Å². The van der Waals surface area contributed by atoms with Gasteiger partial charge >= 0.3 is 0 Å². The lowest BCUT2D eigenvalue weighted by molar-refractivity contribution is -0.132. The number of amides is 2. The Labute approximate surface area is 155 Å². The third-order valence-electron chi connectivity index (χ3n) is 5.74. The van der Waals surface area contributed by atoms with Crippen LogP contribution in [0.15, 0.2) is 24.3 Å². The number of rotatable bonds is 5. The topological polar surface area (TPSA) is 40.6 Å². The van der Waals surface area contributed by atoms with Crippen molar-refractivity contribution in [2.75, 3.05) is 26.2 Å². The van der Waals surface area contributed by atoms with Crippen LogP contribution in [-0.2, 0) is 4.79 Å². The second kappa shape index (κ2) is 9.15. The SMILES string of the molecule is O=C(CCCC1CCCCC1)N1CCN(C(=O)c2ccc(F)cc2)CC1. The average molecular weight is 360 g/mol. The maximum atomic E-state index is 13.0. The van der Waals surface area contributed by atoms with Crippen molar-refractivity contribution in [2.24, 2.45) is 5.92 Å². The molecule has 2 fully saturated rings. The molecular weight excluding hydrogens is 331 g/mol. The Kier molecular flexibility index (Phi) is 6.64. The molecule has 0 N–H and O–H groups in total. The molecule has 2 aliphatic rings. The van der Waals surface area contributed by atoms with Crippen molar-refractivity contribution in [2.45, 2.75) is 51.4 Å². The molecule has 142 valence electrons. The van der Waals surface area contributed by atoms with Gasteiger partial charge in [-0.15, -0.1) is 0 Å². The summed E-state index contributed by atoms with van der Waals surface area (Å²) < 4.78 is 13.0. The zero-order valence-electron chi connectivity index (χ0n) is 15.5. The summed E-state index contributed by atoms with van der Waals surface area (Å²) in [5.74, 6) is 0.607. The molecular formula is C21H29FN2O2. The molecule has 0 radical (unpaired) electrons. The van der Waals surface area contributed by atoms with E-state index in [1.54, 1.807) is 4.90 Å². The van der Waals surface area contributed by atoms with Crippen LogP contribution in [0, 0.1) is 11.7 Å². The fourth-order valence-corrected chi connectivity index (χ4v) is 4.11. The van der Waals surface area contributed by atoms with Gasteiger partial charge in [-0.2, -0.15) is 0 Å². The summed E-state index contributed by atoms with van der Waals surface area (Å²) in [5.41, 5.74) is 0.499. The van der Waals surface area contributed by atoms with Crippen molar-refractivity contribution >= 4 is 11.8 Å². The third kappa shape index (κ3) is 5.05. The van der Waals surface area contributed by atoms with E-state index >= 15 is 0 Å². The monoisotopic (exact) mass is 360 g/mol. The number of carbonyl (C=O) groups excluding carboxylic acids is 2. The van der Waals surface area contributed by atoms with E-state index in [1.165, 1.54) is 62.8 Å². The first kappa shape index (κ1) is 18.9. The fraction of sp³-hybridized carbons (Fsp3) is 0.619. The highest BCUT2D eigenvalue weighted by Gasteiger charge is 2.25. The van der Waals surface area contributed by atoms with Gasteiger partial charge in [0.1, 0.15) is 5.82 Å². The molecule has 0 atom stereocenters. The molecule has 0 bridgehead atoms. The third-order valence-corrected chi connectivity index (χ3v) is 5.74. The van der Waals surface area contributed by atoms with Crippen molar-refractivity contribution in [1.29, 1.82) is 0 Å². The molecule has 1 saturated carbocycles. The zero-order valence-corrected chi connectivity index (χ0v) is 15.5. The molecule has 1 aromatic carbocycles. The van der Waals surface area contributed by atoms with E-state index < -0.39 is 0 Å². The van der Waals surface area contributed by atoms with Gasteiger partial charge in [0.25, 0.3) is 5.91 Å². The Morgan fingerprint density at radius 3 is 2.19 bits per heavy atom. The van der Waals surface area contributed by atoms with E-state index in [9.17, 15) is 14.0 Å². The molecule has 1 aliphatic heterocycles. The lowest BCUT2D eigenvalue weighted by Crippen LogP contribution is -2.50. The molecule has 0 aromatic heterocycles. The zero-order chi connectivity index (χ0) is 18.4. The highest BCUT2D eigenvalue weighted by Crippen LogP contribution is 2.27. The number of carbonyl (C=O) groups is 2. The molecule has 1 heterocycles. The van der Waals surface area contributed by atoms with Crippen molar-refractivity contribution in [3.05, 3.63) is 35.6 Å². The van der Waals surface area contributed by atoms with Crippen LogP contribution in [0.2, 0.25) is 0 Å². The Hall–Kier alpha value is -1.91. The van der Waals surface area contributed by atoms with Crippen LogP contribution in [-0.4, -0.2) is 47.8 Å². The molecule has 3 rings (SSSR count). The smallest absolute Gasteiger partial charge is 0.253 e. The second-order valence-electron chi connectivity index (χ2n) is 7.58. The summed E-state index contributed by atoms with van der Waals surface area (Å²) in [6.45, 7) is 2.28. The minimum absolute atomic E-state index is 0.0885. The van der Waals surface area contributed by atoms with Crippen LogP contribution in [0.1, 0.15) is 61.7 Å². The Balaban J connectivity index is 1.39. The largest absolute Gasteiger partial charge is 0.339 e. The van der Waals surface area contributed by atoms with E-state index in [0.717, 1.165) is 12.3 Å². The van der Waals surface area contributed by atoms with Crippen LogP contribution in [0.3, 0.4) is 0 Å². The first-order chi connectivity index (χ1) is 12.6. The van der Waals surface area contributed by atoms with Crippen LogP contribution in [0.25, 0.3) is 0 Å². The number of hydrogen-bond donors (Lipinski definition) is 0. The Bertz CT molecular complexity index is 603. The molecule has 1 saturated heterocycles. The second-order valence-corrected chi connectivity index (χ2v) is 7.58. The molecule has 1 aliphatic carbocycles. The van der Waals surface area contributed by atoms with Crippen LogP contribution >= 0.6 is 0 Å². The lowest BCUT2D eigenvalue weighted by Gasteiger charge is -2.35. The maximum Gasteiger partial charge on any atom is 0.253 e. The molecule has 0 unspecified atom stereocenters. The van der Waals surface area contributed by atoms with Gasteiger partial charge in [-0.25, -0.2) is 4.39 Å². The minimum atomic E-state index is -0.342. The molecule has 5 heteroatoms. The Morgan fingerprint density at radius 1 is 0.923 bits per heavy atom. The van der Waals surface area contributed by atoms with E-state index in [-0.39, 0.29) is 17.6 Å². The predicted octanol–water partition coefficient (Wildman–Crippen LogP) is 3.86. The van der Waals surface area contributed by atoms with Gasteiger partial charge in [0, 0.05) is 38.2 Å².